The van der Waals surface area contributed by atoms with Crippen LogP contribution in [0.3, 0.4) is 0 Å². The molecule has 1 aromatic rings. The van der Waals surface area contributed by atoms with Crippen molar-refractivity contribution < 1.29 is 9.53 Å². The minimum Gasteiger partial charge on any atom is -0.461 e. The lowest BCUT2D eigenvalue weighted by Gasteiger charge is -2.10. The summed E-state index contributed by atoms with van der Waals surface area (Å²) in [6.07, 6.45) is 25.5. The van der Waals surface area contributed by atoms with Crippen LogP contribution in [0.5, 0.6) is 0 Å². The number of aromatic nitrogens is 1. The third kappa shape index (κ3) is 16.4. The predicted octanol–water partition coefficient (Wildman–Crippen LogP) is 8.41. The molecule has 0 aliphatic carbocycles. The minimum atomic E-state index is -0.0888. The fraction of sp³-hybridized carbons (Fsp3) is 0.778. The van der Waals surface area contributed by atoms with Gasteiger partial charge in [-0.25, -0.2) is 0 Å². The fourth-order valence-electron chi connectivity index (χ4n) is 3.96. The number of carbonyl (C=O) groups excluding carboxylic acids is 1. The summed E-state index contributed by atoms with van der Waals surface area (Å²) in [6, 6.07) is 3.79. The second kappa shape index (κ2) is 19.6. The number of hydrogen-bond donors (Lipinski definition) is 0. The summed E-state index contributed by atoms with van der Waals surface area (Å²) in [6.45, 7) is 5.06. The number of carbonyl (C=O) groups is 1. The molecular weight excluding hydrogens is 370 g/mol. The summed E-state index contributed by atoms with van der Waals surface area (Å²) >= 11 is 0. The molecule has 1 aromatic heterocycles. The Bertz CT molecular complexity index is 503. The van der Waals surface area contributed by atoms with Crippen LogP contribution in [-0.4, -0.2) is 11.0 Å². The highest BCUT2D eigenvalue weighted by atomic mass is 16.5. The van der Waals surface area contributed by atoms with Gasteiger partial charge in [-0.2, -0.15) is 0 Å². The maximum atomic E-state index is 11.8. The summed E-state index contributed by atoms with van der Waals surface area (Å²) < 4.78 is 5.28. The van der Waals surface area contributed by atoms with Gasteiger partial charge in [-0.05, 0) is 18.4 Å². The normalized spacial score (nSPS) is 12.1. The van der Waals surface area contributed by atoms with Gasteiger partial charge in [0.25, 0.3) is 0 Å². The van der Waals surface area contributed by atoms with Crippen LogP contribution in [0, 0.1) is 5.92 Å². The molecule has 0 aliphatic rings. The first-order valence-electron chi connectivity index (χ1n) is 12.8. The third-order valence-electron chi connectivity index (χ3n) is 6.00. The van der Waals surface area contributed by atoms with Crippen LogP contribution < -0.4 is 0 Å². The van der Waals surface area contributed by atoms with Crippen LogP contribution in [-0.2, 0) is 16.1 Å². The molecule has 0 amide bonds. The predicted molar refractivity (Wildman–Crippen MR) is 127 cm³/mol. The molecule has 30 heavy (non-hydrogen) atoms. The second-order valence-corrected chi connectivity index (χ2v) is 9.05. The molecule has 0 saturated carbocycles. The van der Waals surface area contributed by atoms with Gasteiger partial charge in [0, 0.05) is 24.4 Å². The first kappa shape index (κ1) is 26.7. The van der Waals surface area contributed by atoms with E-state index in [0.29, 0.717) is 13.0 Å². The molecule has 0 aromatic carbocycles. The van der Waals surface area contributed by atoms with Crippen molar-refractivity contribution in [2.75, 3.05) is 0 Å². The van der Waals surface area contributed by atoms with Crippen molar-refractivity contribution in [1.82, 2.24) is 4.98 Å². The van der Waals surface area contributed by atoms with E-state index in [2.05, 4.69) is 18.8 Å². The maximum Gasteiger partial charge on any atom is 0.306 e. The summed E-state index contributed by atoms with van der Waals surface area (Å²) in [5.41, 5.74) is 0.947. The topological polar surface area (TPSA) is 39.2 Å². The smallest absolute Gasteiger partial charge is 0.306 e. The first-order chi connectivity index (χ1) is 14.7. The summed E-state index contributed by atoms with van der Waals surface area (Å²) in [5.74, 6) is 0.837. The Morgan fingerprint density at radius 1 is 0.867 bits per heavy atom. The van der Waals surface area contributed by atoms with Gasteiger partial charge in [-0.15, -0.1) is 0 Å². The molecular formula is C27H47NO2. The molecule has 3 heteroatoms. The average molecular weight is 418 g/mol. The average Bonchev–Trinajstić information content (AvgIpc) is 2.76. The lowest BCUT2D eigenvalue weighted by atomic mass is 9.96. The Morgan fingerprint density at radius 3 is 2.00 bits per heavy atom. The van der Waals surface area contributed by atoms with Crippen LogP contribution in [0.1, 0.15) is 129 Å². The van der Waals surface area contributed by atoms with E-state index in [1.54, 1.807) is 12.4 Å². The molecule has 0 fully saturated rings. The Labute approximate surface area is 186 Å². The zero-order valence-electron chi connectivity index (χ0n) is 19.9. The lowest BCUT2D eigenvalue weighted by Crippen LogP contribution is -2.04. The van der Waals surface area contributed by atoms with Gasteiger partial charge in [0.05, 0.1) is 0 Å². The monoisotopic (exact) mass is 417 g/mol. The highest BCUT2D eigenvalue weighted by Gasteiger charge is 2.04. The van der Waals surface area contributed by atoms with E-state index in [1.165, 1.54) is 89.9 Å². The number of rotatable bonds is 20. The molecule has 0 saturated heterocycles. The van der Waals surface area contributed by atoms with E-state index in [9.17, 15) is 4.79 Å². The van der Waals surface area contributed by atoms with Gasteiger partial charge in [0.15, 0.2) is 0 Å². The van der Waals surface area contributed by atoms with Crippen LogP contribution >= 0.6 is 0 Å². The maximum absolute atomic E-state index is 11.8. The molecule has 0 aliphatic heterocycles. The van der Waals surface area contributed by atoms with Gasteiger partial charge in [-0.1, -0.05) is 116 Å². The molecule has 1 unspecified atom stereocenters. The Morgan fingerprint density at radius 2 is 1.43 bits per heavy atom. The molecule has 3 nitrogen and oxygen atoms in total. The van der Waals surface area contributed by atoms with Crippen LogP contribution in [0.2, 0.25) is 0 Å². The van der Waals surface area contributed by atoms with E-state index >= 15 is 0 Å². The summed E-state index contributed by atoms with van der Waals surface area (Å²) in [5, 5.41) is 0. The SMILES string of the molecule is CCCCCCC(C)CCCCCCCCCCCCC(=O)OCc1cccnc1. The van der Waals surface area contributed by atoms with E-state index in [1.807, 2.05) is 12.1 Å². The highest BCUT2D eigenvalue weighted by Crippen LogP contribution is 2.18. The molecule has 1 atom stereocenters. The Kier molecular flexibility index (Phi) is 17.4. The van der Waals surface area contributed by atoms with E-state index in [0.717, 1.165) is 24.3 Å². The summed E-state index contributed by atoms with van der Waals surface area (Å²) in [4.78, 5) is 15.8. The molecule has 1 heterocycles. The van der Waals surface area contributed by atoms with Crippen molar-refractivity contribution in [1.29, 1.82) is 0 Å². The second-order valence-electron chi connectivity index (χ2n) is 9.05. The number of unbranched alkanes of at least 4 members (excludes halogenated alkanes) is 12. The van der Waals surface area contributed by atoms with Crippen LogP contribution in [0.4, 0.5) is 0 Å². The molecule has 0 spiro atoms. The van der Waals surface area contributed by atoms with Crippen molar-refractivity contribution in [3.05, 3.63) is 30.1 Å². The fourth-order valence-corrected chi connectivity index (χ4v) is 3.96. The highest BCUT2D eigenvalue weighted by molar-refractivity contribution is 5.69. The van der Waals surface area contributed by atoms with Crippen molar-refractivity contribution in [2.45, 2.75) is 130 Å². The van der Waals surface area contributed by atoms with Crippen molar-refractivity contribution >= 4 is 5.97 Å². The number of hydrogen-bond acceptors (Lipinski definition) is 3. The van der Waals surface area contributed by atoms with E-state index in [4.69, 9.17) is 4.74 Å². The standard InChI is InChI=1S/C27H47NO2/c1-3-4-5-14-18-25(2)19-15-12-10-8-6-7-9-11-13-16-21-27(29)30-24-26-20-17-22-28-23-26/h17,20,22-23,25H,3-16,18-19,21,24H2,1-2H3. The van der Waals surface area contributed by atoms with Crippen molar-refractivity contribution in [3.8, 4) is 0 Å². The molecule has 0 radical (unpaired) electrons. The van der Waals surface area contributed by atoms with E-state index < -0.39 is 0 Å². The van der Waals surface area contributed by atoms with Crippen LogP contribution in [0.25, 0.3) is 0 Å². The number of ether oxygens (including phenoxy) is 1. The minimum absolute atomic E-state index is 0.0888. The van der Waals surface area contributed by atoms with Crippen molar-refractivity contribution in [2.24, 2.45) is 5.92 Å². The molecule has 1 rings (SSSR count). The van der Waals surface area contributed by atoms with Gasteiger partial charge >= 0.3 is 5.97 Å². The Hall–Kier alpha value is -1.38. The number of esters is 1. The van der Waals surface area contributed by atoms with Crippen molar-refractivity contribution in [3.63, 3.8) is 0 Å². The van der Waals surface area contributed by atoms with Gasteiger partial charge in [0.1, 0.15) is 6.61 Å². The first-order valence-corrected chi connectivity index (χ1v) is 12.8. The number of nitrogens with zero attached hydrogens (tertiary/aromatic N) is 1. The van der Waals surface area contributed by atoms with Gasteiger partial charge in [-0.3, -0.25) is 9.78 Å². The quantitative estimate of drug-likeness (QED) is 0.158. The van der Waals surface area contributed by atoms with Gasteiger partial charge in [0.2, 0.25) is 0 Å². The molecule has 172 valence electrons. The summed E-state index contributed by atoms with van der Waals surface area (Å²) in [7, 11) is 0. The molecule has 0 bridgehead atoms. The molecule has 0 N–H and O–H groups in total. The zero-order chi connectivity index (χ0) is 21.7. The number of pyridine rings is 1. The lowest BCUT2D eigenvalue weighted by molar-refractivity contribution is -0.145. The van der Waals surface area contributed by atoms with Crippen LogP contribution in [0.15, 0.2) is 24.5 Å². The Balaban J connectivity index is 1.78. The largest absolute Gasteiger partial charge is 0.461 e. The van der Waals surface area contributed by atoms with Gasteiger partial charge < -0.3 is 4.74 Å². The third-order valence-corrected chi connectivity index (χ3v) is 6.00. The zero-order valence-corrected chi connectivity index (χ0v) is 19.9. The van der Waals surface area contributed by atoms with E-state index in [-0.39, 0.29) is 5.97 Å².